The van der Waals surface area contributed by atoms with Crippen LogP contribution >= 0.6 is 0 Å². The summed E-state index contributed by atoms with van der Waals surface area (Å²) in [7, 11) is 0. The molecule has 0 aliphatic carbocycles. The van der Waals surface area contributed by atoms with Crippen molar-refractivity contribution in [3.63, 3.8) is 0 Å². The van der Waals surface area contributed by atoms with Crippen LogP contribution in [0.15, 0.2) is 24.3 Å². The SMILES string of the molecule is O=C(CN1CCC[C@]2(CNC(=O)c3ccccc3O2)C1)NC[C@H]1CCCO1. The number of piperidine rings is 1. The molecule has 1 aromatic rings. The molecule has 7 nitrogen and oxygen atoms in total. The van der Waals surface area contributed by atoms with Gasteiger partial charge in [0.05, 0.1) is 24.8 Å². The Morgan fingerprint density at radius 1 is 1.33 bits per heavy atom. The maximum absolute atomic E-state index is 12.3. The molecule has 2 atom stereocenters. The number of carbonyl (C=O) groups is 2. The monoisotopic (exact) mass is 373 g/mol. The molecule has 0 radical (unpaired) electrons. The van der Waals surface area contributed by atoms with Gasteiger partial charge in [0.1, 0.15) is 11.4 Å². The van der Waals surface area contributed by atoms with Crippen molar-refractivity contribution in [2.75, 3.05) is 39.3 Å². The molecule has 7 heteroatoms. The van der Waals surface area contributed by atoms with Crippen molar-refractivity contribution in [1.82, 2.24) is 15.5 Å². The van der Waals surface area contributed by atoms with Crippen molar-refractivity contribution in [3.8, 4) is 5.75 Å². The molecule has 1 spiro atoms. The number of nitrogens with one attached hydrogen (secondary N) is 2. The van der Waals surface area contributed by atoms with Crippen LogP contribution in [0.4, 0.5) is 0 Å². The summed E-state index contributed by atoms with van der Waals surface area (Å²) >= 11 is 0. The first-order valence-corrected chi connectivity index (χ1v) is 9.80. The van der Waals surface area contributed by atoms with Gasteiger partial charge in [-0.25, -0.2) is 0 Å². The topological polar surface area (TPSA) is 79.9 Å². The number of fused-ring (bicyclic) bond motifs is 1. The molecule has 0 saturated carbocycles. The average molecular weight is 373 g/mol. The molecule has 146 valence electrons. The second-order valence-corrected chi connectivity index (χ2v) is 7.72. The highest BCUT2D eigenvalue weighted by Gasteiger charge is 2.41. The van der Waals surface area contributed by atoms with Gasteiger partial charge in [-0.15, -0.1) is 0 Å². The zero-order valence-electron chi connectivity index (χ0n) is 15.5. The number of para-hydroxylation sites is 1. The predicted molar refractivity (Wildman–Crippen MR) is 99.8 cm³/mol. The van der Waals surface area contributed by atoms with Gasteiger partial charge in [0, 0.05) is 19.7 Å². The molecular weight excluding hydrogens is 346 g/mol. The minimum absolute atomic E-state index is 0.0145. The number of ether oxygens (including phenoxy) is 2. The molecule has 1 aromatic carbocycles. The van der Waals surface area contributed by atoms with Gasteiger partial charge >= 0.3 is 0 Å². The lowest BCUT2D eigenvalue weighted by Gasteiger charge is -2.41. The van der Waals surface area contributed by atoms with E-state index in [4.69, 9.17) is 9.47 Å². The van der Waals surface area contributed by atoms with E-state index in [2.05, 4.69) is 15.5 Å². The smallest absolute Gasteiger partial charge is 0.255 e. The van der Waals surface area contributed by atoms with Crippen LogP contribution in [-0.2, 0) is 9.53 Å². The standard InChI is InChI=1S/C20H27N3O4/c24-18(21-11-15-5-3-10-26-15)12-23-9-4-8-20(14-23)13-22-19(25)16-6-1-2-7-17(16)27-20/h1-2,6-7,15H,3-5,8-14H2,(H,21,24)(H,22,25)/t15-,20+/m1/s1. The molecule has 27 heavy (non-hydrogen) atoms. The lowest BCUT2D eigenvalue weighted by Crippen LogP contribution is -2.58. The molecule has 3 aliphatic heterocycles. The van der Waals surface area contributed by atoms with Crippen LogP contribution in [-0.4, -0.2) is 67.7 Å². The van der Waals surface area contributed by atoms with Crippen molar-refractivity contribution in [3.05, 3.63) is 29.8 Å². The minimum atomic E-state index is -0.491. The summed E-state index contributed by atoms with van der Waals surface area (Å²) in [6, 6.07) is 7.34. The van der Waals surface area contributed by atoms with E-state index < -0.39 is 5.60 Å². The van der Waals surface area contributed by atoms with E-state index >= 15 is 0 Å². The van der Waals surface area contributed by atoms with Crippen molar-refractivity contribution in [1.29, 1.82) is 0 Å². The van der Waals surface area contributed by atoms with Gasteiger partial charge in [0.25, 0.3) is 5.91 Å². The number of amides is 2. The van der Waals surface area contributed by atoms with Crippen molar-refractivity contribution < 1.29 is 19.1 Å². The largest absolute Gasteiger partial charge is 0.483 e. The Hall–Kier alpha value is -2.12. The van der Waals surface area contributed by atoms with Crippen molar-refractivity contribution in [2.24, 2.45) is 0 Å². The molecule has 2 fully saturated rings. The van der Waals surface area contributed by atoms with Crippen LogP contribution in [0.25, 0.3) is 0 Å². The Balaban J connectivity index is 1.37. The molecule has 0 aromatic heterocycles. The zero-order valence-corrected chi connectivity index (χ0v) is 15.5. The van der Waals surface area contributed by atoms with Gasteiger partial charge < -0.3 is 20.1 Å². The summed E-state index contributed by atoms with van der Waals surface area (Å²) in [5, 5.41) is 5.97. The molecular formula is C20H27N3O4. The molecule has 3 heterocycles. The van der Waals surface area contributed by atoms with Crippen LogP contribution in [0.1, 0.15) is 36.0 Å². The number of hydrogen-bond donors (Lipinski definition) is 2. The summed E-state index contributed by atoms with van der Waals surface area (Å²) in [5.41, 5.74) is 0.0795. The minimum Gasteiger partial charge on any atom is -0.483 e. The quantitative estimate of drug-likeness (QED) is 0.821. The number of hydrogen-bond acceptors (Lipinski definition) is 5. The van der Waals surface area contributed by atoms with Gasteiger partial charge in [0.2, 0.25) is 5.91 Å². The van der Waals surface area contributed by atoms with Crippen LogP contribution in [0.2, 0.25) is 0 Å². The molecule has 0 unspecified atom stereocenters. The van der Waals surface area contributed by atoms with E-state index in [-0.39, 0.29) is 17.9 Å². The molecule has 2 saturated heterocycles. The second-order valence-electron chi connectivity index (χ2n) is 7.72. The fourth-order valence-electron chi connectivity index (χ4n) is 4.19. The Bertz CT molecular complexity index is 704. The summed E-state index contributed by atoms with van der Waals surface area (Å²) in [6.45, 7) is 3.64. The summed E-state index contributed by atoms with van der Waals surface area (Å²) in [6.07, 6.45) is 4.02. The maximum atomic E-state index is 12.3. The molecule has 0 bridgehead atoms. The lowest BCUT2D eigenvalue weighted by atomic mass is 9.92. The number of likely N-dealkylation sites (tertiary alicyclic amines) is 1. The summed E-state index contributed by atoms with van der Waals surface area (Å²) in [4.78, 5) is 26.8. The molecule has 3 aliphatic rings. The van der Waals surface area contributed by atoms with E-state index in [1.54, 1.807) is 6.07 Å². The molecule has 2 N–H and O–H groups in total. The fourth-order valence-corrected chi connectivity index (χ4v) is 4.19. The Labute approximate surface area is 159 Å². The molecule has 2 amide bonds. The number of nitrogens with zero attached hydrogens (tertiary/aromatic N) is 1. The number of carbonyl (C=O) groups excluding carboxylic acids is 2. The Kier molecular flexibility index (Phi) is 5.31. The first-order chi connectivity index (χ1) is 13.1. The highest BCUT2D eigenvalue weighted by atomic mass is 16.5. The Morgan fingerprint density at radius 3 is 3.07 bits per heavy atom. The van der Waals surface area contributed by atoms with E-state index in [9.17, 15) is 9.59 Å². The van der Waals surface area contributed by atoms with Crippen LogP contribution < -0.4 is 15.4 Å². The highest BCUT2D eigenvalue weighted by Crippen LogP contribution is 2.31. The molecule has 4 rings (SSSR count). The first kappa shape index (κ1) is 18.3. The van der Waals surface area contributed by atoms with Gasteiger partial charge in [0.15, 0.2) is 0 Å². The predicted octanol–water partition coefficient (Wildman–Crippen LogP) is 0.939. The third kappa shape index (κ3) is 4.25. The third-order valence-electron chi connectivity index (χ3n) is 5.57. The first-order valence-electron chi connectivity index (χ1n) is 9.80. The Morgan fingerprint density at radius 2 is 2.22 bits per heavy atom. The third-order valence-corrected chi connectivity index (χ3v) is 5.57. The lowest BCUT2D eigenvalue weighted by molar-refractivity contribution is -0.124. The van der Waals surface area contributed by atoms with Crippen LogP contribution in [0.3, 0.4) is 0 Å². The summed E-state index contributed by atoms with van der Waals surface area (Å²) < 4.78 is 11.9. The average Bonchev–Trinajstić information content (AvgIpc) is 3.15. The van der Waals surface area contributed by atoms with Crippen molar-refractivity contribution in [2.45, 2.75) is 37.4 Å². The summed E-state index contributed by atoms with van der Waals surface area (Å²) in [5.74, 6) is 0.534. The fraction of sp³-hybridized carbons (Fsp3) is 0.600. The van der Waals surface area contributed by atoms with Gasteiger partial charge in [-0.05, 0) is 44.4 Å². The van der Waals surface area contributed by atoms with E-state index in [1.165, 1.54) is 0 Å². The van der Waals surface area contributed by atoms with Gasteiger partial charge in [-0.3, -0.25) is 14.5 Å². The van der Waals surface area contributed by atoms with Gasteiger partial charge in [-0.1, -0.05) is 12.1 Å². The van der Waals surface area contributed by atoms with Gasteiger partial charge in [-0.2, -0.15) is 0 Å². The van der Waals surface area contributed by atoms with E-state index in [0.717, 1.165) is 38.8 Å². The number of benzene rings is 1. The normalized spacial score (nSPS) is 28.1. The van der Waals surface area contributed by atoms with Crippen LogP contribution in [0, 0.1) is 0 Å². The second kappa shape index (κ2) is 7.86. The van der Waals surface area contributed by atoms with Crippen LogP contribution in [0.5, 0.6) is 5.75 Å². The highest BCUT2D eigenvalue weighted by molar-refractivity contribution is 5.97. The van der Waals surface area contributed by atoms with Crippen molar-refractivity contribution >= 4 is 11.8 Å². The zero-order chi connectivity index (χ0) is 18.7. The maximum Gasteiger partial charge on any atom is 0.255 e. The number of rotatable bonds is 4. The van der Waals surface area contributed by atoms with E-state index in [0.29, 0.717) is 37.5 Å². The van der Waals surface area contributed by atoms with E-state index in [1.807, 2.05) is 18.2 Å².